The highest BCUT2D eigenvalue weighted by Crippen LogP contribution is 2.30. The first-order valence-corrected chi connectivity index (χ1v) is 6.85. The maximum Gasteiger partial charge on any atom is 0.213 e. The molecule has 0 atom stereocenters. The van der Waals surface area contributed by atoms with Gasteiger partial charge in [-0.3, -0.25) is 0 Å². The molecule has 0 aliphatic carbocycles. The van der Waals surface area contributed by atoms with Crippen molar-refractivity contribution in [2.24, 2.45) is 0 Å². The number of nitrogens with one attached hydrogen (secondary N) is 1. The standard InChI is InChI=1S/C18H13FN2/c1-11-3-2-4-15-14-6-5-12(9-16(14)21-18(11)15)13-7-8-20-17(19)10-13/h2-10,21H,1H3. The summed E-state index contributed by atoms with van der Waals surface area (Å²) in [4.78, 5) is 7.06. The molecule has 21 heavy (non-hydrogen) atoms. The molecular weight excluding hydrogens is 263 g/mol. The van der Waals surface area contributed by atoms with E-state index in [0.29, 0.717) is 0 Å². The predicted octanol–water partition coefficient (Wildman–Crippen LogP) is 4.83. The summed E-state index contributed by atoms with van der Waals surface area (Å²) in [6.45, 7) is 2.09. The van der Waals surface area contributed by atoms with E-state index in [-0.39, 0.29) is 0 Å². The second kappa shape index (κ2) is 4.42. The van der Waals surface area contributed by atoms with Crippen LogP contribution in [-0.4, -0.2) is 9.97 Å². The van der Waals surface area contributed by atoms with Gasteiger partial charge in [0, 0.05) is 34.1 Å². The third-order valence-electron chi connectivity index (χ3n) is 3.90. The summed E-state index contributed by atoms with van der Waals surface area (Å²) in [5, 5.41) is 2.41. The number of hydrogen-bond acceptors (Lipinski definition) is 1. The monoisotopic (exact) mass is 276 g/mol. The van der Waals surface area contributed by atoms with Gasteiger partial charge >= 0.3 is 0 Å². The van der Waals surface area contributed by atoms with E-state index in [9.17, 15) is 4.39 Å². The van der Waals surface area contributed by atoms with Crippen LogP contribution in [0.25, 0.3) is 32.9 Å². The van der Waals surface area contributed by atoms with E-state index in [2.05, 4.69) is 47.2 Å². The zero-order chi connectivity index (χ0) is 14.4. The molecule has 2 aromatic heterocycles. The number of aromatic nitrogens is 2. The highest BCUT2D eigenvalue weighted by molar-refractivity contribution is 6.09. The van der Waals surface area contributed by atoms with Gasteiger partial charge in [-0.25, -0.2) is 4.98 Å². The number of halogens is 1. The second-order valence-corrected chi connectivity index (χ2v) is 5.25. The summed E-state index contributed by atoms with van der Waals surface area (Å²) in [5.41, 5.74) is 5.26. The number of aromatic amines is 1. The van der Waals surface area contributed by atoms with Crippen molar-refractivity contribution in [2.75, 3.05) is 0 Å². The lowest BCUT2D eigenvalue weighted by molar-refractivity contribution is 0.584. The Hall–Kier alpha value is -2.68. The smallest absolute Gasteiger partial charge is 0.213 e. The molecule has 2 aromatic carbocycles. The van der Waals surface area contributed by atoms with Crippen LogP contribution in [0.5, 0.6) is 0 Å². The molecule has 0 saturated carbocycles. The van der Waals surface area contributed by atoms with Crippen molar-refractivity contribution in [3.05, 3.63) is 66.2 Å². The van der Waals surface area contributed by atoms with Crippen molar-refractivity contribution >= 4 is 21.8 Å². The average Bonchev–Trinajstić information content (AvgIpc) is 2.87. The first-order chi connectivity index (χ1) is 10.2. The number of nitrogens with zero attached hydrogens (tertiary/aromatic N) is 1. The number of rotatable bonds is 1. The Labute approximate surface area is 121 Å². The average molecular weight is 276 g/mol. The SMILES string of the molecule is Cc1cccc2c1[nH]c1cc(-c3ccnc(F)c3)ccc12. The number of fused-ring (bicyclic) bond motifs is 3. The molecule has 4 aromatic rings. The van der Waals surface area contributed by atoms with Crippen LogP contribution < -0.4 is 0 Å². The molecule has 0 unspecified atom stereocenters. The molecule has 0 spiro atoms. The lowest BCUT2D eigenvalue weighted by atomic mass is 10.0. The summed E-state index contributed by atoms with van der Waals surface area (Å²) in [7, 11) is 0. The fourth-order valence-electron chi connectivity index (χ4n) is 2.84. The van der Waals surface area contributed by atoms with Crippen molar-refractivity contribution in [3.8, 4) is 11.1 Å². The van der Waals surface area contributed by atoms with Crippen molar-refractivity contribution < 1.29 is 4.39 Å². The van der Waals surface area contributed by atoms with Crippen LogP contribution in [-0.2, 0) is 0 Å². The quantitative estimate of drug-likeness (QED) is 0.495. The van der Waals surface area contributed by atoms with E-state index < -0.39 is 5.95 Å². The highest BCUT2D eigenvalue weighted by atomic mass is 19.1. The molecule has 0 aliphatic rings. The van der Waals surface area contributed by atoms with E-state index >= 15 is 0 Å². The molecule has 0 radical (unpaired) electrons. The van der Waals surface area contributed by atoms with Crippen LogP contribution in [0, 0.1) is 12.9 Å². The van der Waals surface area contributed by atoms with Crippen molar-refractivity contribution in [1.29, 1.82) is 0 Å². The van der Waals surface area contributed by atoms with E-state index in [0.717, 1.165) is 22.2 Å². The zero-order valence-corrected chi connectivity index (χ0v) is 11.5. The Morgan fingerprint density at radius 3 is 2.67 bits per heavy atom. The van der Waals surface area contributed by atoms with Crippen LogP contribution in [0.2, 0.25) is 0 Å². The largest absolute Gasteiger partial charge is 0.354 e. The maximum absolute atomic E-state index is 13.3. The van der Waals surface area contributed by atoms with Gasteiger partial charge in [0.1, 0.15) is 0 Å². The minimum atomic E-state index is -0.458. The van der Waals surface area contributed by atoms with E-state index in [1.54, 1.807) is 0 Å². The molecule has 102 valence electrons. The lowest BCUT2D eigenvalue weighted by Crippen LogP contribution is -1.83. The molecule has 3 heteroatoms. The van der Waals surface area contributed by atoms with Crippen molar-refractivity contribution in [1.82, 2.24) is 9.97 Å². The topological polar surface area (TPSA) is 28.7 Å². The van der Waals surface area contributed by atoms with Crippen molar-refractivity contribution in [3.63, 3.8) is 0 Å². The van der Waals surface area contributed by atoms with Gasteiger partial charge in [-0.1, -0.05) is 30.3 Å². The molecule has 0 saturated heterocycles. The minimum absolute atomic E-state index is 0.458. The number of aryl methyl sites for hydroxylation is 1. The Morgan fingerprint density at radius 1 is 0.952 bits per heavy atom. The number of para-hydroxylation sites is 1. The summed E-state index contributed by atoms with van der Waals surface area (Å²) in [5.74, 6) is -0.458. The van der Waals surface area contributed by atoms with Gasteiger partial charge in [-0.2, -0.15) is 4.39 Å². The minimum Gasteiger partial charge on any atom is -0.354 e. The van der Waals surface area contributed by atoms with Gasteiger partial charge in [-0.05, 0) is 35.7 Å². The van der Waals surface area contributed by atoms with E-state index in [4.69, 9.17) is 0 Å². The third-order valence-corrected chi connectivity index (χ3v) is 3.90. The number of hydrogen-bond donors (Lipinski definition) is 1. The van der Waals surface area contributed by atoms with Gasteiger partial charge in [-0.15, -0.1) is 0 Å². The van der Waals surface area contributed by atoms with Crippen LogP contribution in [0.3, 0.4) is 0 Å². The number of H-pyrrole nitrogens is 1. The molecular formula is C18H13FN2. The van der Waals surface area contributed by atoms with Gasteiger partial charge in [0.05, 0.1) is 0 Å². The van der Waals surface area contributed by atoms with E-state index in [1.807, 2.05) is 12.1 Å². The molecule has 0 aliphatic heterocycles. The van der Waals surface area contributed by atoms with Gasteiger partial charge in [0.25, 0.3) is 0 Å². The molecule has 4 rings (SSSR count). The summed E-state index contributed by atoms with van der Waals surface area (Å²) in [6.07, 6.45) is 1.49. The van der Waals surface area contributed by atoms with Gasteiger partial charge in [0.15, 0.2) is 0 Å². The maximum atomic E-state index is 13.3. The molecule has 2 heterocycles. The van der Waals surface area contributed by atoms with E-state index in [1.165, 1.54) is 28.6 Å². The van der Waals surface area contributed by atoms with Crippen molar-refractivity contribution in [2.45, 2.75) is 6.92 Å². The van der Waals surface area contributed by atoms with Gasteiger partial charge in [0.2, 0.25) is 5.95 Å². The molecule has 1 N–H and O–H groups in total. The Balaban J connectivity index is 1.98. The highest BCUT2D eigenvalue weighted by Gasteiger charge is 2.07. The second-order valence-electron chi connectivity index (χ2n) is 5.25. The van der Waals surface area contributed by atoms with Crippen LogP contribution in [0.4, 0.5) is 4.39 Å². The number of benzene rings is 2. The Morgan fingerprint density at radius 2 is 1.81 bits per heavy atom. The first-order valence-electron chi connectivity index (χ1n) is 6.85. The predicted molar refractivity (Wildman–Crippen MR) is 83.7 cm³/mol. The van der Waals surface area contributed by atoms with Crippen LogP contribution >= 0.6 is 0 Å². The molecule has 0 fully saturated rings. The zero-order valence-electron chi connectivity index (χ0n) is 11.5. The molecule has 0 amide bonds. The number of pyridine rings is 1. The lowest BCUT2D eigenvalue weighted by Gasteiger charge is -2.01. The molecule has 2 nitrogen and oxygen atoms in total. The first kappa shape index (κ1) is 12.1. The third kappa shape index (κ3) is 1.89. The van der Waals surface area contributed by atoms with Crippen LogP contribution in [0.1, 0.15) is 5.56 Å². The summed E-state index contributed by atoms with van der Waals surface area (Å²) >= 11 is 0. The summed E-state index contributed by atoms with van der Waals surface area (Å²) < 4.78 is 13.3. The fourth-order valence-corrected chi connectivity index (χ4v) is 2.84. The Kier molecular flexibility index (Phi) is 2.54. The molecule has 0 bridgehead atoms. The fraction of sp³-hybridized carbons (Fsp3) is 0.0556. The Bertz CT molecular complexity index is 969. The van der Waals surface area contributed by atoms with Crippen LogP contribution in [0.15, 0.2) is 54.7 Å². The van der Waals surface area contributed by atoms with Gasteiger partial charge < -0.3 is 4.98 Å². The normalized spacial score (nSPS) is 11.3. The summed E-state index contributed by atoms with van der Waals surface area (Å²) in [6, 6.07) is 15.7.